The number of carbonyl (C=O) groups excluding carboxylic acids is 1. The van der Waals surface area contributed by atoms with Crippen molar-refractivity contribution in [3.05, 3.63) is 10.4 Å². The molecule has 0 radical (unpaired) electrons. The molecule has 1 atom stereocenters. The highest BCUT2D eigenvalue weighted by Crippen LogP contribution is 2.12. The van der Waals surface area contributed by atoms with Gasteiger partial charge in [-0.1, -0.05) is 18.5 Å². The molecule has 0 aliphatic heterocycles. The van der Waals surface area contributed by atoms with E-state index in [4.69, 9.17) is 26.6 Å². The summed E-state index contributed by atoms with van der Waals surface area (Å²) < 4.78 is 10.4. The molecule has 122 valence electrons. The van der Waals surface area contributed by atoms with E-state index >= 15 is 0 Å². The molecule has 1 amide bonds. The van der Waals surface area contributed by atoms with Crippen molar-refractivity contribution in [2.45, 2.75) is 45.1 Å². The number of alkyl halides is 1. The van der Waals surface area contributed by atoms with Crippen molar-refractivity contribution in [2.24, 2.45) is 5.11 Å². The quantitative estimate of drug-likeness (QED) is 0.136. The number of ether oxygens (including phenoxy) is 2. The van der Waals surface area contributed by atoms with E-state index in [9.17, 15) is 4.79 Å². The molecule has 0 N–H and O–H groups in total. The van der Waals surface area contributed by atoms with E-state index in [1.54, 1.807) is 7.11 Å². The van der Waals surface area contributed by atoms with Gasteiger partial charge in [0.2, 0.25) is 0 Å². The van der Waals surface area contributed by atoms with Gasteiger partial charge in [0.05, 0.1) is 12.6 Å². The van der Waals surface area contributed by atoms with Gasteiger partial charge in [0.25, 0.3) is 0 Å². The lowest BCUT2D eigenvalue weighted by molar-refractivity contribution is 0.0534. The molecule has 0 rings (SSSR count). The van der Waals surface area contributed by atoms with Crippen LogP contribution in [0.3, 0.4) is 0 Å². The molecule has 0 aromatic carbocycles. The summed E-state index contributed by atoms with van der Waals surface area (Å²) in [5.41, 5.74) is 8.16. The van der Waals surface area contributed by atoms with Crippen molar-refractivity contribution in [3.8, 4) is 0 Å². The first-order valence-electron chi connectivity index (χ1n) is 7.20. The summed E-state index contributed by atoms with van der Waals surface area (Å²) in [7, 11) is 1.57. The summed E-state index contributed by atoms with van der Waals surface area (Å²) in [5, 5.41) is 3.48. The highest BCUT2D eigenvalue weighted by molar-refractivity contribution is 6.18. The Morgan fingerprint density at radius 2 is 2.19 bits per heavy atom. The number of amides is 1. The average Bonchev–Trinajstić information content (AvgIpc) is 2.50. The smallest absolute Gasteiger partial charge is 0.411 e. The maximum Gasteiger partial charge on any atom is 0.411 e. The first kappa shape index (κ1) is 19.8. The molecule has 8 heteroatoms. The standard InChI is InChI=1S/C13H25ClN4O3/c1-3-12(7-5-4-6-8-16-17-15)21-13(19)18(11-14)9-10-20-2/h12H,3-11H2,1-2H3. The SMILES string of the molecule is CCC(CCCCCN=[N+]=[N-])OC(=O)N(CCl)CCOC. The lowest BCUT2D eigenvalue weighted by Crippen LogP contribution is -2.35. The van der Waals surface area contributed by atoms with E-state index in [1.165, 1.54) is 4.90 Å². The van der Waals surface area contributed by atoms with E-state index in [1.807, 2.05) is 6.92 Å². The Kier molecular flexibility index (Phi) is 13.0. The summed E-state index contributed by atoms with van der Waals surface area (Å²) in [4.78, 5) is 16.0. The number of nitrogens with zero attached hydrogens (tertiary/aromatic N) is 4. The first-order chi connectivity index (χ1) is 10.2. The second kappa shape index (κ2) is 13.8. The van der Waals surface area contributed by atoms with Gasteiger partial charge in [-0.25, -0.2) is 4.79 Å². The van der Waals surface area contributed by atoms with E-state index in [2.05, 4.69) is 10.0 Å². The Balaban J connectivity index is 3.99. The van der Waals surface area contributed by atoms with Crippen molar-refractivity contribution in [1.29, 1.82) is 0 Å². The van der Waals surface area contributed by atoms with Crippen LogP contribution in [0.15, 0.2) is 5.11 Å². The van der Waals surface area contributed by atoms with E-state index < -0.39 is 6.09 Å². The molecule has 0 aliphatic rings. The minimum Gasteiger partial charge on any atom is -0.446 e. The Hall–Kier alpha value is -1.17. The molecule has 0 saturated carbocycles. The maximum absolute atomic E-state index is 11.9. The normalized spacial score (nSPS) is 11.6. The number of azide groups is 1. The van der Waals surface area contributed by atoms with Crippen LogP contribution in [0.1, 0.15) is 39.0 Å². The third-order valence-electron chi connectivity index (χ3n) is 3.04. The maximum atomic E-state index is 11.9. The van der Waals surface area contributed by atoms with Crippen LogP contribution < -0.4 is 0 Å². The number of methoxy groups -OCH3 is 1. The molecule has 0 aromatic heterocycles. The highest BCUT2D eigenvalue weighted by Gasteiger charge is 2.18. The average molecular weight is 321 g/mol. The van der Waals surface area contributed by atoms with E-state index in [0.29, 0.717) is 19.7 Å². The fraction of sp³-hybridized carbons (Fsp3) is 0.923. The van der Waals surface area contributed by atoms with Crippen molar-refractivity contribution >= 4 is 17.7 Å². The van der Waals surface area contributed by atoms with Gasteiger partial charge in [-0.3, -0.25) is 4.90 Å². The van der Waals surface area contributed by atoms with Gasteiger partial charge in [0, 0.05) is 25.1 Å². The molecule has 21 heavy (non-hydrogen) atoms. The molecule has 0 aromatic rings. The number of unbranched alkanes of at least 4 members (excludes halogenated alkanes) is 2. The van der Waals surface area contributed by atoms with Crippen LogP contribution in [0.4, 0.5) is 4.79 Å². The predicted molar refractivity (Wildman–Crippen MR) is 82.3 cm³/mol. The van der Waals surface area contributed by atoms with Crippen molar-refractivity contribution < 1.29 is 14.3 Å². The van der Waals surface area contributed by atoms with Crippen molar-refractivity contribution in [1.82, 2.24) is 4.90 Å². The van der Waals surface area contributed by atoms with Gasteiger partial charge in [0.15, 0.2) is 0 Å². The van der Waals surface area contributed by atoms with Crippen LogP contribution in [-0.4, -0.2) is 49.9 Å². The van der Waals surface area contributed by atoms with Gasteiger partial charge >= 0.3 is 6.09 Å². The summed E-state index contributed by atoms with van der Waals surface area (Å²) in [6.45, 7) is 3.35. The van der Waals surface area contributed by atoms with Gasteiger partial charge in [-0.2, -0.15) is 0 Å². The van der Waals surface area contributed by atoms with Crippen LogP contribution >= 0.6 is 11.6 Å². The third-order valence-corrected chi connectivity index (χ3v) is 3.33. The molecular formula is C13H25ClN4O3. The fourth-order valence-corrected chi connectivity index (χ4v) is 1.96. The third kappa shape index (κ3) is 10.2. The molecule has 0 fully saturated rings. The predicted octanol–water partition coefficient (Wildman–Crippen LogP) is 3.92. The van der Waals surface area contributed by atoms with Gasteiger partial charge in [-0.05, 0) is 31.2 Å². The molecule has 0 spiro atoms. The highest BCUT2D eigenvalue weighted by atomic mass is 35.5. The number of halogens is 1. The van der Waals surface area contributed by atoms with Crippen LogP contribution in [0.5, 0.6) is 0 Å². The number of hydrogen-bond acceptors (Lipinski definition) is 4. The minimum atomic E-state index is -0.400. The topological polar surface area (TPSA) is 87.5 Å². The zero-order valence-electron chi connectivity index (χ0n) is 12.8. The first-order valence-corrected chi connectivity index (χ1v) is 7.74. The van der Waals surface area contributed by atoms with Crippen LogP contribution in [0.25, 0.3) is 10.4 Å². The molecule has 0 bridgehead atoms. The number of rotatable bonds is 12. The number of carbonyl (C=O) groups is 1. The van der Waals surface area contributed by atoms with Crippen LogP contribution in [0.2, 0.25) is 0 Å². The molecule has 1 unspecified atom stereocenters. The van der Waals surface area contributed by atoms with Gasteiger partial charge in [-0.15, -0.1) is 11.6 Å². The monoisotopic (exact) mass is 320 g/mol. The fourth-order valence-electron chi connectivity index (χ4n) is 1.74. The zero-order valence-corrected chi connectivity index (χ0v) is 13.6. The molecule has 7 nitrogen and oxygen atoms in total. The minimum absolute atomic E-state index is 0.0881. The Labute approximate surface area is 131 Å². The van der Waals surface area contributed by atoms with Crippen LogP contribution in [0, 0.1) is 0 Å². The summed E-state index contributed by atoms with van der Waals surface area (Å²) in [5.74, 6) is 0. The largest absolute Gasteiger partial charge is 0.446 e. The second-order valence-corrected chi connectivity index (χ2v) is 4.83. The molecular weight excluding hydrogens is 296 g/mol. The van der Waals surface area contributed by atoms with E-state index in [-0.39, 0.29) is 12.1 Å². The summed E-state index contributed by atoms with van der Waals surface area (Å²) in [6.07, 6.45) is 3.81. The molecule has 0 saturated heterocycles. The summed E-state index contributed by atoms with van der Waals surface area (Å²) in [6, 6.07) is 0.0881. The van der Waals surface area contributed by atoms with Gasteiger partial charge in [0.1, 0.15) is 6.10 Å². The van der Waals surface area contributed by atoms with Gasteiger partial charge < -0.3 is 9.47 Å². The van der Waals surface area contributed by atoms with Crippen LogP contribution in [-0.2, 0) is 9.47 Å². The second-order valence-electron chi connectivity index (χ2n) is 4.59. The number of hydrogen-bond donors (Lipinski definition) is 0. The zero-order chi connectivity index (χ0) is 15.9. The van der Waals surface area contributed by atoms with E-state index in [0.717, 1.165) is 32.1 Å². The lowest BCUT2D eigenvalue weighted by atomic mass is 10.1. The Morgan fingerprint density at radius 1 is 1.43 bits per heavy atom. The van der Waals surface area contributed by atoms with Crippen molar-refractivity contribution in [2.75, 3.05) is 32.8 Å². The molecule has 0 heterocycles. The Morgan fingerprint density at radius 3 is 2.76 bits per heavy atom. The lowest BCUT2D eigenvalue weighted by Gasteiger charge is -2.23. The van der Waals surface area contributed by atoms with Crippen molar-refractivity contribution in [3.63, 3.8) is 0 Å². The summed E-state index contributed by atoms with van der Waals surface area (Å²) >= 11 is 5.73. The molecule has 0 aliphatic carbocycles. The Bertz CT molecular complexity index is 325.